The number of hydrogen-bond donors (Lipinski definition) is 3. The van der Waals surface area contributed by atoms with Crippen LogP contribution >= 0.6 is 0 Å². The summed E-state index contributed by atoms with van der Waals surface area (Å²) in [6.45, 7) is 6.34. The summed E-state index contributed by atoms with van der Waals surface area (Å²) in [6.07, 6.45) is 4.33. The van der Waals surface area contributed by atoms with Crippen molar-refractivity contribution in [3.05, 3.63) is 30.1 Å². The molecule has 2 atom stereocenters. The quantitative estimate of drug-likeness (QED) is 0.810. The van der Waals surface area contributed by atoms with Crippen molar-refractivity contribution in [3.8, 4) is 0 Å². The predicted molar refractivity (Wildman–Crippen MR) is 84.5 cm³/mol. The Bertz CT molecular complexity index is 674. The van der Waals surface area contributed by atoms with E-state index in [1.165, 1.54) is 5.56 Å². The van der Waals surface area contributed by atoms with Crippen LogP contribution in [0.3, 0.4) is 0 Å². The second-order valence-electron chi connectivity index (χ2n) is 6.69. The van der Waals surface area contributed by atoms with E-state index in [0.717, 1.165) is 24.0 Å². The van der Waals surface area contributed by atoms with Crippen LogP contribution in [-0.4, -0.2) is 33.7 Å². The SMILES string of the molecule is CC(C)(C)OC(=O)NC1CC1NCc1c[nH]c2ncccc12. The number of rotatable bonds is 4. The Balaban J connectivity index is 1.47. The largest absolute Gasteiger partial charge is 0.444 e. The molecule has 118 valence electrons. The summed E-state index contributed by atoms with van der Waals surface area (Å²) in [5.74, 6) is 0. The number of H-pyrrole nitrogens is 1. The smallest absolute Gasteiger partial charge is 0.407 e. The molecule has 0 bridgehead atoms. The van der Waals surface area contributed by atoms with Crippen molar-refractivity contribution in [3.63, 3.8) is 0 Å². The number of aromatic nitrogens is 2. The lowest BCUT2D eigenvalue weighted by Gasteiger charge is -2.19. The number of alkyl carbamates (subject to hydrolysis) is 1. The third kappa shape index (κ3) is 3.57. The summed E-state index contributed by atoms with van der Waals surface area (Å²) in [5, 5.41) is 7.47. The van der Waals surface area contributed by atoms with E-state index in [9.17, 15) is 4.79 Å². The molecule has 1 fully saturated rings. The highest BCUT2D eigenvalue weighted by Gasteiger charge is 2.38. The van der Waals surface area contributed by atoms with Crippen LogP contribution in [0.1, 0.15) is 32.8 Å². The van der Waals surface area contributed by atoms with Crippen LogP contribution in [0.4, 0.5) is 4.79 Å². The first kappa shape index (κ1) is 14.8. The Hall–Kier alpha value is -2.08. The number of pyridine rings is 1. The van der Waals surface area contributed by atoms with Crippen LogP contribution in [0.2, 0.25) is 0 Å². The monoisotopic (exact) mass is 302 g/mol. The lowest BCUT2D eigenvalue weighted by atomic mass is 10.2. The molecule has 22 heavy (non-hydrogen) atoms. The molecule has 1 amide bonds. The summed E-state index contributed by atoms with van der Waals surface area (Å²) in [6, 6.07) is 4.44. The minimum Gasteiger partial charge on any atom is -0.444 e. The number of aromatic amines is 1. The number of fused-ring (bicyclic) bond motifs is 1. The van der Waals surface area contributed by atoms with Crippen molar-refractivity contribution in [2.45, 2.75) is 51.4 Å². The fourth-order valence-corrected chi connectivity index (χ4v) is 2.44. The van der Waals surface area contributed by atoms with E-state index in [-0.39, 0.29) is 12.1 Å². The lowest BCUT2D eigenvalue weighted by Crippen LogP contribution is -2.36. The summed E-state index contributed by atoms with van der Waals surface area (Å²) >= 11 is 0. The molecule has 3 N–H and O–H groups in total. The van der Waals surface area contributed by atoms with Crippen molar-refractivity contribution in [1.82, 2.24) is 20.6 Å². The molecule has 1 aliphatic rings. The molecule has 6 nitrogen and oxygen atoms in total. The van der Waals surface area contributed by atoms with Crippen molar-refractivity contribution in [2.75, 3.05) is 0 Å². The van der Waals surface area contributed by atoms with E-state index in [4.69, 9.17) is 4.74 Å². The minimum atomic E-state index is -0.459. The van der Waals surface area contributed by atoms with Gasteiger partial charge in [-0.1, -0.05) is 0 Å². The number of amides is 1. The van der Waals surface area contributed by atoms with E-state index in [0.29, 0.717) is 6.04 Å². The van der Waals surface area contributed by atoms with Crippen molar-refractivity contribution in [2.24, 2.45) is 0 Å². The number of ether oxygens (including phenoxy) is 1. The number of nitrogens with zero attached hydrogens (tertiary/aromatic N) is 1. The molecule has 2 heterocycles. The Morgan fingerprint density at radius 2 is 2.27 bits per heavy atom. The molecule has 0 spiro atoms. The Kier molecular flexibility index (Phi) is 3.78. The maximum Gasteiger partial charge on any atom is 0.407 e. The molecule has 0 aliphatic heterocycles. The molecule has 6 heteroatoms. The maximum atomic E-state index is 11.7. The van der Waals surface area contributed by atoms with E-state index in [1.54, 1.807) is 6.20 Å². The zero-order chi connectivity index (χ0) is 15.7. The van der Waals surface area contributed by atoms with Crippen LogP contribution in [-0.2, 0) is 11.3 Å². The lowest BCUT2D eigenvalue weighted by molar-refractivity contribution is 0.0522. The third-order valence-corrected chi connectivity index (χ3v) is 3.58. The van der Waals surface area contributed by atoms with Gasteiger partial charge in [0.2, 0.25) is 0 Å². The van der Waals surface area contributed by atoms with Gasteiger partial charge >= 0.3 is 6.09 Å². The van der Waals surface area contributed by atoms with Gasteiger partial charge in [0.25, 0.3) is 0 Å². The molecule has 2 aromatic heterocycles. The van der Waals surface area contributed by atoms with Gasteiger partial charge in [-0.05, 0) is 44.9 Å². The highest BCUT2D eigenvalue weighted by atomic mass is 16.6. The summed E-state index contributed by atoms with van der Waals surface area (Å²) < 4.78 is 5.25. The first-order chi connectivity index (χ1) is 10.4. The van der Waals surface area contributed by atoms with E-state index in [2.05, 4.69) is 26.7 Å². The maximum absolute atomic E-state index is 11.7. The second kappa shape index (κ2) is 5.61. The molecule has 0 saturated heterocycles. The van der Waals surface area contributed by atoms with Crippen molar-refractivity contribution >= 4 is 17.1 Å². The highest BCUT2D eigenvalue weighted by Crippen LogP contribution is 2.23. The highest BCUT2D eigenvalue weighted by molar-refractivity contribution is 5.79. The minimum absolute atomic E-state index is 0.151. The van der Waals surface area contributed by atoms with Gasteiger partial charge in [0.15, 0.2) is 0 Å². The first-order valence-electron chi connectivity index (χ1n) is 7.56. The molecule has 3 rings (SSSR count). The number of carbonyl (C=O) groups excluding carboxylic acids is 1. The summed E-state index contributed by atoms with van der Waals surface area (Å²) in [7, 11) is 0. The van der Waals surface area contributed by atoms with Gasteiger partial charge in [0.1, 0.15) is 11.2 Å². The van der Waals surface area contributed by atoms with E-state index < -0.39 is 5.60 Å². The fraction of sp³-hybridized carbons (Fsp3) is 0.500. The average molecular weight is 302 g/mol. The third-order valence-electron chi connectivity index (χ3n) is 3.58. The molecule has 1 saturated carbocycles. The molecular weight excluding hydrogens is 280 g/mol. The van der Waals surface area contributed by atoms with Gasteiger partial charge in [-0.25, -0.2) is 9.78 Å². The van der Waals surface area contributed by atoms with Crippen molar-refractivity contribution in [1.29, 1.82) is 0 Å². The predicted octanol–water partition coefficient (Wildman–Crippen LogP) is 2.32. The van der Waals surface area contributed by atoms with Crippen LogP contribution in [0.15, 0.2) is 24.5 Å². The molecule has 2 unspecified atom stereocenters. The number of carbonyl (C=O) groups is 1. The topological polar surface area (TPSA) is 79.0 Å². The number of nitrogens with one attached hydrogen (secondary N) is 3. The molecule has 0 aromatic carbocycles. The van der Waals surface area contributed by atoms with Gasteiger partial charge in [0, 0.05) is 36.4 Å². The van der Waals surface area contributed by atoms with Crippen LogP contribution in [0.5, 0.6) is 0 Å². The fourth-order valence-electron chi connectivity index (χ4n) is 2.44. The molecular formula is C16H22N4O2. The van der Waals surface area contributed by atoms with E-state index in [1.807, 2.05) is 33.0 Å². The zero-order valence-corrected chi connectivity index (χ0v) is 13.1. The second-order valence-corrected chi connectivity index (χ2v) is 6.69. The average Bonchev–Trinajstić information content (AvgIpc) is 3.02. The Morgan fingerprint density at radius 3 is 3.05 bits per heavy atom. The molecule has 0 radical (unpaired) electrons. The van der Waals surface area contributed by atoms with Gasteiger partial charge < -0.3 is 20.4 Å². The van der Waals surface area contributed by atoms with Gasteiger partial charge in [0.05, 0.1) is 0 Å². The van der Waals surface area contributed by atoms with Crippen LogP contribution in [0.25, 0.3) is 11.0 Å². The van der Waals surface area contributed by atoms with Crippen LogP contribution < -0.4 is 10.6 Å². The van der Waals surface area contributed by atoms with Gasteiger partial charge in [-0.3, -0.25) is 0 Å². The van der Waals surface area contributed by atoms with Crippen LogP contribution in [0, 0.1) is 0 Å². The Labute approximate surface area is 129 Å². The van der Waals surface area contributed by atoms with E-state index >= 15 is 0 Å². The van der Waals surface area contributed by atoms with Gasteiger partial charge in [-0.15, -0.1) is 0 Å². The standard InChI is InChI=1S/C16H22N4O2/c1-16(2,3)22-15(21)20-13-7-12(13)18-8-10-9-19-14-11(10)5-4-6-17-14/h4-6,9,12-13,18H,7-8H2,1-3H3,(H,17,19)(H,20,21). The molecule has 2 aromatic rings. The summed E-state index contributed by atoms with van der Waals surface area (Å²) in [4.78, 5) is 19.1. The number of hydrogen-bond acceptors (Lipinski definition) is 4. The normalized spacial score (nSPS) is 20.9. The van der Waals surface area contributed by atoms with Gasteiger partial charge in [-0.2, -0.15) is 0 Å². The Morgan fingerprint density at radius 1 is 1.45 bits per heavy atom. The zero-order valence-electron chi connectivity index (χ0n) is 13.1. The summed E-state index contributed by atoms with van der Waals surface area (Å²) in [5.41, 5.74) is 1.63. The molecule has 1 aliphatic carbocycles. The van der Waals surface area contributed by atoms with Crippen molar-refractivity contribution < 1.29 is 9.53 Å². The first-order valence-corrected chi connectivity index (χ1v) is 7.56.